The van der Waals surface area contributed by atoms with Crippen LogP contribution in [-0.4, -0.2) is 39.4 Å². The number of para-hydroxylation sites is 1. The summed E-state index contributed by atoms with van der Waals surface area (Å²) in [6, 6.07) is 10.1. The van der Waals surface area contributed by atoms with Gasteiger partial charge >= 0.3 is 0 Å². The van der Waals surface area contributed by atoms with Crippen molar-refractivity contribution in [3.63, 3.8) is 0 Å². The second-order valence-electron chi connectivity index (χ2n) is 7.19. The summed E-state index contributed by atoms with van der Waals surface area (Å²) in [7, 11) is 1.85. The minimum absolute atomic E-state index is 0. The Morgan fingerprint density at radius 3 is 2.60 bits per heavy atom. The highest BCUT2D eigenvalue weighted by Crippen LogP contribution is 2.36. The highest BCUT2D eigenvalue weighted by Gasteiger charge is 2.41. The summed E-state index contributed by atoms with van der Waals surface area (Å²) in [5, 5.41) is 3.56. The van der Waals surface area contributed by atoms with Crippen LogP contribution in [0.15, 0.2) is 41.3 Å². The van der Waals surface area contributed by atoms with Crippen molar-refractivity contribution in [2.45, 2.75) is 37.8 Å². The molecule has 2 aliphatic rings. The molecule has 4 rings (SSSR count). The first-order valence-corrected chi connectivity index (χ1v) is 8.98. The summed E-state index contributed by atoms with van der Waals surface area (Å²) >= 11 is 0. The Labute approximate surface area is 155 Å². The molecule has 6 heteroatoms. The molecule has 1 saturated carbocycles. The van der Waals surface area contributed by atoms with Crippen molar-refractivity contribution in [2.24, 2.45) is 7.05 Å². The van der Waals surface area contributed by atoms with Crippen molar-refractivity contribution in [3.8, 4) is 5.69 Å². The van der Waals surface area contributed by atoms with Gasteiger partial charge in [0.1, 0.15) is 0 Å². The highest BCUT2D eigenvalue weighted by molar-refractivity contribution is 5.85. The largest absolute Gasteiger partial charge is 0.314 e. The molecule has 25 heavy (non-hydrogen) atoms. The number of aromatic nitrogens is 2. The third-order valence-corrected chi connectivity index (χ3v) is 5.77. The Kier molecular flexibility index (Phi) is 5.37. The van der Waals surface area contributed by atoms with Crippen LogP contribution in [-0.2, 0) is 13.6 Å². The van der Waals surface area contributed by atoms with E-state index in [1.54, 1.807) is 4.68 Å². The molecule has 1 saturated heterocycles. The van der Waals surface area contributed by atoms with Crippen LogP contribution in [0.2, 0.25) is 0 Å². The lowest BCUT2D eigenvalue weighted by Crippen LogP contribution is -2.59. The standard InChI is InChI=1S/C19H26N4O.ClH/c1-21-18(24)16(14-23(21)17-7-3-2-4-8-17)13-22-12-11-20-15-19(22)9-5-6-10-19;/h2-4,7-8,14,20H,5-6,9-13,15H2,1H3;1H. The summed E-state index contributed by atoms with van der Waals surface area (Å²) in [6.45, 7) is 3.86. The van der Waals surface area contributed by atoms with Gasteiger partial charge in [0, 0.05) is 45.0 Å². The van der Waals surface area contributed by atoms with Crippen molar-refractivity contribution >= 4 is 12.4 Å². The normalized spacial score (nSPS) is 19.9. The number of rotatable bonds is 3. The number of piperazine rings is 1. The molecular formula is C19H27ClN4O. The van der Waals surface area contributed by atoms with Crippen LogP contribution < -0.4 is 10.9 Å². The number of hydrogen-bond acceptors (Lipinski definition) is 3. The zero-order valence-corrected chi connectivity index (χ0v) is 15.6. The predicted molar refractivity (Wildman–Crippen MR) is 103 cm³/mol. The quantitative estimate of drug-likeness (QED) is 0.911. The lowest BCUT2D eigenvalue weighted by Gasteiger charge is -2.45. The van der Waals surface area contributed by atoms with E-state index in [0.717, 1.165) is 37.4 Å². The maximum absolute atomic E-state index is 12.7. The lowest BCUT2D eigenvalue weighted by atomic mass is 9.92. The molecule has 0 unspecified atom stereocenters. The first kappa shape index (κ1) is 18.2. The summed E-state index contributed by atoms with van der Waals surface area (Å²) in [6.07, 6.45) is 7.13. The molecular weight excluding hydrogens is 336 g/mol. The molecule has 1 spiro atoms. The van der Waals surface area contributed by atoms with Gasteiger partial charge in [-0.2, -0.15) is 0 Å². The van der Waals surface area contributed by atoms with Gasteiger partial charge in [-0.05, 0) is 25.0 Å². The Balaban J connectivity index is 0.00000182. The van der Waals surface area contributed by atoms with Crippen LogP contribution in [0, 0.1) is 0 Å². The molecule has 2 fully saturated rings. The maximum Gasteiger partial charge on any atom is 0.271 e. The summed E-state index contributed by atoms with van der Waals surface area (Å²) < 4.78 is 3.68. The molecule has 1 N–H and O–H groups in total. The number of hydrogen-bond donors (Lipinski definition) is 1. The molecule has 1 aliphatic carbocycles. The molecule has 0 bridgehead atoms. The molecule has 0 atom stereocenters. The maximum atomic E-state index is 12.7. The van der Waals surface area contributed by atoms with Crippen molar-refractivity contribution in [3.05, 3.63) is 52.4 Å². The van der Waals surface area contributed by atoms with Crippen LogP contribution >= 0.6 is 12.4 Å². The molecule has 1 aromatic carbocycles. The van der Waals surface area contributed by atoms with Gasteiger partial charge in [0.2, 0.25) is 0 Å². The molecule has 1 aliphatic heterocycles. The fourth-order valence-corrected chi connectivity index (χ4v) is 4.39. The Morgan fingerprint density at radius 1 is 1.16 bits per heavy atom. The van der Waals surface area contributed by atoms with E-state index in [1.165, 1.54) is 25.7 Å². The molecule has 0 radical (unpaired) electrons. The number of nitrogens with one attached hydrogen (secondary N) is 1. The summed E-state index contributed by atoms with van der Waals surface area (Å²) in [5.74, 6) is 0. The summed E-state index contributed by atoms with van der Waals surface area (Å²) in [4.78, 5) is 15.3. The third kappa shape index (κ3) is 3.28. The second kappa shape index (κ2) is 7.36. The van der Waals surface area contributed by atoms with Crippen LogP contribution in [0.5, 0.6) is 0 Å². The van der Waals surface area contributed by atoms with E-state index in [0.29, 0.717) is 0 Å². The molecule has 5 nitrogen and oxygen atoms in total. The van der Waals surface area contributed by atoms with E-state index in [1.807, 2.05) is 48.3 Å². The molecule has 1 aromatic heterocycles. The zero-order valence-electron chi connectivity index (χ0n) is 14.8. The zero-order chi connectivity index (χ0) is 16.6. The van der Waals surface area contributed by atoms with E-state index in [9.17, 15) is 4.79 Å². The fourth-order valence-electron chi connectivity index (χ4n) is 4.39. The number of benzene rings is 1. The molecule has 136 valence electrons. The fraction of sp³-hybridized carbons (Fsp3) is 0.526. The Bertz CT molecular complexity index is 761. The highest BCUT2D eigenvalue weighted by atomic mass is 35.5. The van der Waals surface area contributed by atoms with Crippen molar-refractivity contribution in [1.29, 1.82) is 0 Å². The van der Waals surface area contributed by atoms with Crippen molar-refractivity contribution < 1.29 is 0 Å². The van der Waals surface area contributed by atoms with Crippen LogP contribution in [0.3, 0.4) is 0 Å². The van der Waals surface area contributed by atoms with Crippen LogP contribution in [0.4, 0.5) is 0 Å². The minimum Gasteiger partial charge on any atom is -0.314 e. The van der Waals surface area contributed by atoms with Gasteiger partial charge in [-0.1, -0.05) is 31.0 Å². The monoisotopic (exact) mass is 362 g/mol. The van der Waals surface area contributed by atoms with E-state index < -0.39 is 0 Å². The second-order valence-corrected chi connectivity index (χ2v) is 7.19. The predicted octanol–water partition coefficient (Wildman–Crippen LogP) is 2.32. The molecule has 2 heterocycles. The number of halogens is 1. The van der Waals surface area contributed by atoms with E-state index >= 15 is 0 Å². The first-order chi connectivity index (χ1) is 11.7. The first-order valence-electron chi connectivity index (χ1n) is 8.98. The van der Waals surface area contributed by atoms with Gasteiger partial charge in [0.15, 0.2) is 0 Å². The van der Waals surface area contributed by atoms with Crippen LogP contribution in [0.1, 0.15) is 31.2 Å². The van der Waals surface area contributed by atoms with Crippen molar-refractivity contribution in [1.82, 2.24) is 19.6 Å². The number of nitrogens with zero attached hydrogens (tertiary/aromatic N) is 3. The van der Waals surface area contributed by atoms with E-state index in [-0.39, 0.29) is 23.5 Å². The average molecular weight is 363 g/mol. The van der Waals surface area contributed by atoms with E-state index in [4.69, 9.17) is 0 Å². The molecule has 2 aromatic rings. The average Bonchev–Trinajstić information content (AvgIpc) is 3.19. The Morgan fingerprint density at radius 2 is 1.88 bits per heavy atom. The van der Waals surface area contributed by atoms with Gasteiger partial charge in [0.05, 0.1) is 11.3 Å². The van der Waals surface area contributed by atoms with Crippen LogP contribution in [0.25, 0.3) is 5.69 Å². The van der Waals surface area contributed by atoms with E-state index in [2.05, 4.69) is 10.2 Å². The third-order valence-electron chi connectivity index (χ3n) is 5.77. The SMILES string of the molecule is Cl.Cn1c(=O)c(CN2CCNCC23CCCC3)cn1-c1ccccc1. The summed E-state index contributed by atoms with van der Waals surface area (Å²) in [5.41, 5.74) is 2.30. The smallest absolute Gasteiger partial charge is 0.271 e. The molecule has 0 amide bonds. The lowest BCUT2D eigenvalue weighted by molar-refractivity contribution is 0.0569. The van der Waals surface area contributed by atoms with Gasteiger partial charge in [0.25, 0.3) is 5.56 Å². The topological polar surface area (TPSA) is 42.2 Å². The van der Waals surface area contributed by atoms with Gasteiger partial charge < -0.3 is 5.32 Å². The van der Waals surface area contributed by atoms with Gasteiger partial charge in [-0.3, -0.25) is 14.4 Å². The Hall–Kier alpha value is -1.56. The minimum atomic E-state index is 0. The van der Waals surface area contributed by atoms with Gasteiger partial charge in [-0.15, -0.1) is 12.4 Å². The van der Waals surface area contributed by atoms with Gasteiger partial charge in [-0.25, -0.2) is 4.68 Å². The van der Waals surface area contributed by atoms with Crippen molar-refractivity contribution in [2.75, 3.05) is 19.6 Å².